The summed E-state index contributed by atoms with van der Waals surface area (Å²) in [6, 6.07) is 7.22. The van der Waals surface area contributed by atoms with Crippen LogP contribution in [0.4, 0.5) is 0 Å². The summed E-state index contributed by atoms with van der Waals surface area (Å²) in [5, 5.41) is 4.47. The Kier molecular flexibility index (Phi) is 3.98. The summed E-state index contributed by atoms with van der Waals surface area (Å²) in [5.74, 6) is 1.23. The van der Waals surface area contributed by atoms with Crippen molar-refractivity contribution in [2.75, 3.05) is 6.54 Å². The number of imide groups is 1. The molecule has 0 saturated carbocycles. The van der Waals surface area contributed by atoms with Gasteiger partial charge in [0, 0.05) is 19.0 Å². The third-order valence-corrected chi connectivity index (χ3v) is 4.00. The zero-order valence-electron chi connectivity index (χ0n) is 13.6. The average molecular weight is 312 g/mol. The van der Waals surface area contributed by atoms with Crippen LogP contribution in [0.1, 0.15) is 58.7 Å². The molecule has 0 bridgehead atoms. The molecule has 0 unspecified atom stereocenters. The number of hydrogen-bond acceptors (Lipinski definition) is 4. The molecule has 1 aliphatic rings. The van der Waals surface area contributed by atoms with Crippen molar-refractivity contribution in [3.05, 3.63) is 47.0 Å². The first-order chi connectivity index (χ1) is 11.0. The zero-order valence-corrected chi connectivity index (χ0v) is 13.6. The molecule has 0 fully saturated rings. The quantitative estimate of drug-likeness (QED) is 0.795. The van der Waals surface area contributed by atoms with E-state index in [2.05, 4.69) is 23.9 Å². The second-order valence-electron chi connectivity index (χ2n) is 6.02. The monoisotopic (exact) mass is 312 g/mol. The lowest BCUT2D eigenvalue weighted by atomic mass is 10.1. The Morgan fingerprint density at radius 2 is 1.70 bits per heavy atom. The van der Waals surface area contributed by atoms with Crippen molar-refractivity contribution in [1.82, 2.24) is 19.7 Å². The SMILES string of the molecule is Cc1nc(CCCN2C(=O)c3ccccc3C2=O)nn1C(C)C. The van der Waals surface area contributed by atoms with Gasteiger partial charge in [-0.15, -0.1) is 0 Å². The molecule has 1 aromatic carbocycles. The molecule has 2 amide bonds. The van der Waals surface area contributed by atoms with Crippen LogP contribution in [0, 0.1) is 6.92 Å². The van der Waals surface area contributed by atoms with E-state index in [0.29, 0.717) is 30.5 Å². The van der Waals surface area contributed by atoms with E-state index in [1.807, 2.05) is 11.6 Å². The summed E-state index contributed by atoms with van der Waals surface area (Å²) < 4.78 is 1.89. The number of amides is 2. The molecule has 0 N–H and O–H groups in total. The zero-order chi connectivity index (χ0) is 16.6. The molecule has 0 spiro atoms. The number of carbonyl (C=O) groups excluding carboxylic acids is 2. The highest BCUT2D eigenvalue weighted by Gasteiger charge is 2.34. The topological polar surface area (TPSA) is 68.1 Å². The van der Waals surface area contributed by atoms with Crippen LogP contribution in [0.3, 0.4) is 0 Å². The molecule has 1 aliphatic heterocycles. The summed E-state index contributed by atoms with van der Waals surface area (Å²) in [6.07, 6.45) is 1.31. The van der Waals surface area contributed by atoms with Crippen LogP contribution >= 0.6 is 0 Å². The first kappa shape index (κ1) is 15.4. The Morgan fingerprint density at radius 3 is 2.22 bits per heavy atom. The summed E-state index contributed by atoms with van der Waals surface area (Å²) >= 11 is 0. The van der Waals surface area contributed by atoms with Gasteiger partial charge in [0.25, 0.3) is 11.8 Å². The van der Waals surface area contributed by atoms with Crippen LogP contribution in [0.2, 0.25) is 0 Å². The molecule has 0 aliphatic carbocycles. The number of hydrogen-bond donors (Lipinski definition) is 0. The largest absolute Gasteiger partial charge is 0.274 e. The predicted molar refractivity (Wildman–Crippen MR) is 85.3 cm³/mol. The van der Waals surface area contributed by atoms with Gasteiger partial charge < -0.3 is 0 Å². The first-order valence-electron chi connectivity index (χ1n) is 7.86. The van der Waals surface area contributed by atoms with Gasteiger partial charge in [-0.05, 0) is 39.3 Å². The molecular formula is C17H20N4O2. The van der Waals surface area contributed by atoms with E-state index < -0.39 is 0 Å². The fourth-order valence-electron chi connectivity index (χ4n) is 2.89. The molecule has 2 heterocycles. The minimum atomic E-state index is -0.206. The van der Waals surface area contributed by atoms with Crippen molar-refractivity contribution < 1.29 is 9.59 Å². The Hall–Kier alpha value is -2.50. The second kappa shape index (κ2) is 5.95. The Balaban J connectivity index is 1.63. The maximum absolute atomic E-state index is 12.3. The number of benzene rings is 1. The highest BCUT2D eigenvalue weighted by molar-refractivity contribution is 6.21. The first-order valence-corrected chi connectivity index (χ1v) is 7.86. The van der Waals surface area contributed by atoms with Crippen LogP contribution in [0.15, 0.2) is 24.3 Å². The number of carbonyl (C=O) groups is 2. The number of aromatic nitrogens is 3. The van der Waals surface area contributed by atoms with Crippen LogP contribution in [-0.4, -0.2) is 38.0 Å². The molecule has 0 radical (unpaired) electrons. The van der Waals surface area contributed by atoms with Crippen molar-refractivity contribution in [3.8, 4) is 0 Å². The lowest BCUT2D eigenvalue weighted by Crippen LogP contribution is -2.31. The number of aryl methyl sites for hydroxylation is 2. The minimum absolute atomic E-state index is 0.206. The van der Waals surface area contributed by atoms with E-state index in [1.165, 1.54) is 4.90 Å². The molecule has 3 rings (SSSR count). The fourth-order valence-corrected chi connectivity index (χ4v) is 2.89. The van der Waals surface area contributed by atoms with Crippen molar-refractivity contribution in [3.63, 3.8) is 0 Å². The van der Waals surface area contributed by atoms with E-state index in [4.69, 9.17) is 0 Å². The minimum Gasteiger partial charge on any atom is -0.274 e. The molecule has 6 nitrogen and oxygen atoms in total. The van der Waals surface area contributed by atoms with Gasteiger partial charge in [0.2, 0.25) is 0 Å². The molecule has 0 atom stereocenters. The third-order valence-electron chi connectivity index (χ3n) is 4.00. The maximum atomic E-state index is 12.3. The van der Waals surface area contributed by atoms with E-state index in [-0.39, 0.29) is 17.9 Å². The van der Waals surface area contributed by atoms with Gasteiger partial charge in [-0.3, -0.25) is 14.5 Å². The predicted octanol–water partition coefficient (Wildman–Crippen LogP) is 2.40. The highest BCUT2D eigenvalue weighted by Crippen LogP contribution is 2.22. The van der Waals surface area contributed by atoms with Gasteiger partial charge in [0.15, 0.2) is 5.82 Å². The molecule has 6 heteroatoms. The smallest absolute Gasteiger partial charge is 0.261 e. The van der Waals surface area contributed by atoms with Crippen molar-refractivity contribution >= 4 is 11.8 Å². The number of rotatable bonds is 5. The summed E-state index contributed by atoms with van der Waals surface area (Å²) in [4.78, 5) is 30.3. The van der Waals surface area contributed by atoms with Crippen LogP contribution in [0.5, 0.6) is 0 Å². The molecular weight excluding hydrogens is 292 g/mol. The van der Waals surface area contributed by atoms with Crippen LogP contribution < -0.4 is 0 Å². The van der Waals surface area contributed by atoms with Gasteiger partial charge in [0.1, 0.15) is 5.82 Å². The Bertz CT molecular complexity index is 729. The van der Waals surface area contributed by atoms with Gasteiger partial charge in [-0.1, -0.05) is 12.1 Å². The number of fused-ring (bicyclic) bond motifs is 1. The normalized spacial score (nSPS) is 14.0. The second-order valence-corrected chi connectivity index (χ2v) is 6.02. The fraction of sp³-hybridized carbons (Fsp3) is 0.412. The standard InChI is InChI=1S/C17H20N4O2/c1-11(2)21-12(3)18-15(19-21)9-6-10-20-16(22)13-7-4-5-8-14(13)17(20)23/h4-5,7-8,11H,6,9-10H2,1-3H3. The maximum Gasteiger partial charge on any atom is 0.261 e. The summed E-state index contributed by atoms with van der Waals surface area (Å²) in [7, 11) is 0. The molecule has 23 heavy (non-hydrogen) atoms. The van der Waals surface area contributed by atoms with E-state index >= 15 is 0 Å². The van der Waals surface area contributed by atoms with Crippen molar-refractivity contribution in [1.29, 1.82) is 0 Å². The third kappa shape index (κ3) is 2.76. The average Bonchev–Trinajstić information content (AvgIpc) is 3.01. The molecule has 2 aromatic rings. The Morgan fingerprint density at radius 1 is 1.09 bits per heavy atom. The number of nitrogens with zero attached hydrogens (tertiary/aromatic N) is 4. The molecule has 120 valence electrons. The van der Waals surface area contributed by atoms with Gasteiger partial charge in [-0.2, -0.15) is 5.10 Å². The van der Waals surface area contributed by atoms with E-state index in [1.54, 1.807) is 24.3 Å². The van der Waals surface area contributed by atoms with Gasteiger partial charge in [0.05, 0.1) is 11.1 Å². The molecule has 1 aromatic heterocycles. The lowest BCUT2D eigenvalue weighted by Gasteiger charge is -2.12. The van der Waals surface area contributed by atoms with Gasteiger partial charge in [-0.25, -0.2) is 9.67 Å². The summed E-state index contributed by atoms with van der Waals surface area (Å²) in [6.45, 7) is 6.44. The van der Waals surface area contributed by atoms with Crippen LogP contribution in [0.25, 0.3) is 0 Å². The molecule has 0 saturated heterocycles. The van der Waals surface area contributed by atoms with Crippen molar-refractivity contribution in [2.45, 2.75) is 39.7 Å². The Labute approximate surface area is 135 Å². The van der Waals surface area contributed by atoms with Gasteiger partial charge >= 0.3 is 0 Å². The van der Waals surface area contributed by atoms with Crippen molar-refractivity contribution in [2.24, 2.45) is 0 Å². The van der Waals surface area contributed by atoms with Crippen LogP contribution in [-0.2, 0) is 6.42 Å². The summed E-state index contributed by atoms with van der Waals surface area (Å²) in [5.41, 5.74) is 0.992. The van der Waals surface area contributed by atoms with E-state index in [9.17, 15) is 9.59 Å². The lowest BCUT2D eigenvalue weighted by molar-refractivity contribution is 0.0652. The highest BCUT2D eigenvalue weighted by atomic mass is 16.2. The van der Waals surface area contributed by atoms with E-state index in [0.717, 1.165) is 11.6 Å².